The van der Waals surface area contributed by atoms with Crippen LogP contribution in [0.15, 0.2) is 40.7 Å². The Morgan fingerprint density at radius 3 is 2.55 bits per heavy atom. The van der Waals surface area contributed by atoms with Gasteiger partial charge in [-0.15, -0.1) is 0 Å². The molecular formula is C18H18ClN3. The Bertz CT molecular complexity index is 703. The second-order valence-electron chi connectivity index (χ2n) is 6.42. The topological polar surface area (TPSA) is 39.4 Å². The molecule has 2 bridgehead atoms. The van der Waals surface area contributed by atoms with E-state index in [1.54, 1.807) is 0 Å². The second kappa shape index (κ2) is 5.14. The van der Waals surface area contributed by atoms with Crippen LogP contribution in [-0.2, 0) is 0 Å². The predicted molar refractivity (Wildman–Crippen MR) is 87.7 cm³/mol. The fourth-order valence-corrected chi connectivity index (χ4v) is 4.24. The minimum atomic E-state index is -0.181. The second-order valence-corrected chi connectivity index (χ2v) is 6.86. The highest BCUT2D eigenvalue weighted by molar-refractivity contribution is 6.30. The Morgan fingerprint density at radius 2 is 1.91 bits per heavy atom. The van der Waals surface area contributed by atoms with Crippen molar-refractivity contribution in [2.75, 3.05) is 13.1 Å². The normalized spacial score (nSPS) is 27.5. The lowest BCUT2D eigenvalue weighted by molar-refractivity contribution is 0.186. The summed E-state index contributed by atoms with van der Waals surface area (Å²) in [6, 6.07) is 10.4. The van der Waals surface area contributed by atoms with Gasteiger partial charge in [-0.1, -0.05) is 23.7 Å². The Kier molecular flexibility index (Phi) is 3.23. The van der Waals surface area contributed by atoms with Crippen LogP contribution in [0.3, 0.4) is 0 Å². The molecule has 3 nitrogen and oxygen atoms in total. The highest BCUT2D eigenvalue weighted by Crippen LogP contribution is 2.48. The van der Waals surface area contributed by atoms with Gasteiger partial charge in [-0.2, -0.15) is 5.26 Å². The quantitative estimate of drug-likeness (QED) is 0.787. The van der Waals surface area contributed by atoms with Crippen LogP contribution in [0.25, 0.3) is 0 Å². The van der Waals surface area contributed by atoms with Crippen LogP contribution < -0.4 is 0 Å². The number of aliphatic imine (C=N–C) groups is 1. The van der Waals surface area contributed by atoms with Crippen molar-refractivity contribution in [2.45, 2.75) is 25.7 Å². The van der Waals surface area contributed by atoms with Crippen molar-refractivity contribution in [1.29, 1.82) is 5.26 Å². The Balaban J connectivity index is 1.88. The molecule has 0 aromatic heterocycles. The molecule has 1 fully saturated rings. The van der Waals surface area contributed by atoms with Gasteiger partial charge in [0.15, 0.2) is 0 Å². The van der Waals surface area contributed by atoms with Gasteiger partial charge in [0.1, 0.15) is 0 Å². The molecule has 4 heterocycles. The predicted octanol–water partition coefficient (Wildman–Crippen LogP) is 3.98. The van der Waals surface area contributed by atoms with Crippen LogP contribution in [0.1, 0.15) is 31.2 Å². The van der Waals surface area contributed by atoms with Crippen LogP contribution in [0.5, 0.6) is 0 Å². The fourth-order valence-electron chi connectivity index (χ4n) is 4.12. The Morgan fingerprint density at radius 1 is 1.23 bits per heavy atom. The smallest absolute Gasteiger partial charge is 0.0966 e. The van der Waals surface area contributed by atoms with Crippen molar-refractivity contribution < 1.29 is 0 Å². The summed E-state index contributed by atoms with van der Waals surface area (Å²) >= 11 is 6.04. The Labute approximate surface area is 135 Å². The molecule has 0 amide bonds. The van der Waals surface area contributed by atoms with E-state index in [4.69, 9.17) is 16.6 Å². The monoisotopic (exact) mass is 311 g/mol. The first-order chi connectivity index (χ1) is 10.7. The summed E-state index contributed by atoms with van der Waals surface area (Å²) < 4.78 is 0. The number of halogens is 1. The van der Waals surface area contributed by atoms with Crippen molar-refractivity contribution in [2.24, 2.45) is 16.8 Å². The van der Waals surface area contributed by atoms with Gasteiger partial charge in [-0.3, -0.25) is 4.99 Å². The molecule has 0 radical (unpaired) electrons. The first-order valence-electron chi connectivity index (χ1n) is 7.88. The van der Waals surface area contributed by atoms with E-state index < -0.39 is 0 Å². The lowest BCUT2D eigenvalue weighted by atomic mass is 9.73. The summed E-state index contributed by atoms with van der Waals surface area (Å²) in [5.74, 6) is 0.488. The van der Waals surface area contributed by atoms with E-state index in [1.165, 1.54) is 29.8 Å². The average Bonchev–Trinajstić information content (AvgIpc) is 2.55. The number of rotatable bonds is 1. The molecule has 2 atom stereocenters. The summed E-state index contributed by atoms with van der Waals surface area (Å²) in [6.45, 7) is 4.19. The molecule has 1 aromatic rings. The van der Waals surface area contributed by atoms with Gasteiger partial charge in [0.05, 0.1) is 17.7 Å². The molecule has 4 aliphatic heterocycles. The van der Waals surface area contributed by atoms with Crippen LogP contribution in [0, 0.1) is 23.2 Å². The first kappa shape index (κ1) is 13.8. The highest BCUT2D eigenvalue weighted by atomic mass is 35.5. The maximum absolute atomic E-state index is 9.71. The minimum absolute atomic E-state index is 0.0952. The van der Waals surface area contributed by atoms with Gasteiger partial charge >= 0.3 is 0 Å². The summed E-state index contributed by atoms with van der Waals surface area (Å²) in [5.41, 5.74) is 4.66. The third-order valence-electron chi connectivity index (χ3n) is 5.23. The van der Waals surface area contributed by atoms with E-state index in [0.717, 1.165) is 23.8 Å². The SMILES string of the molecule is CC1=NC2=C([C@@H](c3ccc(Cl)cc3)C1C#N)N1CCC2CC1. The number of hydrogen-bond donors (Lipinski definition) is 0. The molecule has 1 aromatic carbocycles. The van der Waals surface area contributed by atoms with Gasteiger partial charge in [0, 0.05) is 41.4 Å². The molecule has 0 saturated carbocycles. The molecule has 112 valence electrons. The molecule has 1 unspecified atom stereocenters. The standard InChI is InChI=1S/C18H18ClN3/c1-11-15(10-20)16(12-2-4-14(19)5-3-12)18-17(21-11)13-6-8-22(18)9-7-13/h2-5,13,15-16H,6-9H2,1H3/t15?,16-/m0/s1. The van der Waals surface area contributed by atoms with Gasteiger partial charge in [-0.05, 0) is 37.5 Å². The number of nitrogens with zero attached hydrogens (tertiary/aromatic N) is 3. The van der Waals surface area contributed by atoms with E-state index in [1.807, 2.05) is 19.1 Å². The van der Waals surface area contributed by atoms with Crippen LogP contribution >= 0.6 is 11.6 Å². The number of fused-ring (bicyclic) bond motifs is 2. The summed E-state index contributed by atoms with van der Waals surface area (Å²) in [7, 11) is 0. The summed E-state index contributed by atoms with van der Waals surface area (Å²) in [6.07, 6.45) is 2.39. The molecule has 0 aliphatic carbocycles. The average molecular weight is 312 g/mol. The van der Waals surface area contributed by atoms with Crippen molar-refractivity contribution >= 4 is 17.3 Å². The lowest BCUT2D eigenvalue weighted by Gasteiger charge is -2.48. The van der Waals surface area contributed by atoms with E-state index >= 15 is 0 Å². The zero-order valence-electron chi connectivity index (χ0n) is 12.6. The van der Waals surface area contributed by atoms with Crippen molar-refractivity contribution in [3.8, 4) is 6.07 Å². The van der Waals surface area contributed by atoms with E-state index in [-0.39, 0.29) is 11.8 Å². The van der Waals surface area contributed by atoms with Gasteiger partial charge < -0.3 is 4.90 Å². The molecule has 22 heavy (non-hydrogen) atoms. The van der Waals surface area contributed by atoms with Crippen LogP contribution in [0.4, 0.5) is 0 Å². The molecule has 0 spiro atoms. The van der Waals surface area contributed by atoms with E-state index in [9.17, 15) is 5.26 Å². The summed E-state index contributed by atoms with van der Waals surface area (Å²) in [5, 5.41) is 10.4. The number of benzene rings is 1. The first-order valence-corrected chi connectivity index (χ1v) is 8.26. The molecule has 5 rings (SSSR count). The van der Waals surface area contributed by atoms with Gasteiger partial charge in [0.2, 0.25) is 0 Å². The largest absolute Gasteiger partial charge is 0.373 e. The highest BCUT2D eigenvalue weighted by Gasteiger charge is 2.43. The maximum atomic E-state index is 9.71. The number of nitriles is 1. The van der Waals surface area contributed by atoms with E-state index in [0.29, 0.717) is 5.92 Å². The van der Waals surface area contributed by atoms with Crippen molar-refractivity contribution in [1.82, 2.24) is 4.90 Å². The third kappa shape index (κ3) is 1.98. The molecule has 4 heteroatoms. The fraction of sp³-hybridized carbons (Fsp3) is 0.444. The Hall–Kier alpha value is -1.79. The zero-order chi connectivity index (χ0) is 15.3. The molecular weight excluding hydrogens is 294 g/mol. The summed E-state index contributed by atoms with van der Waals surface area (Å²) in [4.78, 5) is 7.29. The van der Waals surface area contributed by atoms with Crippen molar-refractivity contribution in [3.05, 3.63) is 46.2 Å². The molecule has 1 saturated heterocycles. The zero-order valence-corrected chi connectivity index (χ0v) is 13.3. The van der Waals surface area contributed by atoms with Gasteiger partial charge in [0.25, 0.3) is 0 Å². The molecule has 4 aliphatic rings. The maximum Gasteiger partial charge on any atom is 0.0966 e. The van der Waals surface area contributed by atoms with E-state index in [2.05, 4.69) is 23.1 Å². The third-order valence-corrected chi connectivity index (χ3v) is 5.48. The van der Waals surface area contributed by atoms with Crippen molar-refractivity contribution in [3.63, 3.8) is 0 Å². The number of hydrogen-bond acceptors (Lipinski definition) is 3. The molecule has 0 N–H and O–H groups in total. The van der Waals surface area contributed by atoms with Crippen LogP contribution in [-0.4, -0.2) is 23.7 Å². The lowest BCUT2D eigenvalue weighted by Crippen LogP contribution is -2.45. The number of allylic oxidation sites excluding steroid dienone is 2. The van der Waals surface area contributed by atoms with Gasteiger partial charge in [-0.25, -0.2) is 0 Å². The minimum Gasteiger partial charge on any atom is -0.373 e. The van der Waals surface area contributed by atoms with Crippen LogP contribution in [0.2, 0.25) is 5.02 Å². The number of piperidine rings is 1.